The fraction of sp³-hybridized carbons (Fsp3) is 0.529. The standard InChI is InChI=1S/C17H24F3N3O5/c1-11(21-14(25)27-10-12-8-6-5-7-9-12)13(24)23(17(18,19)20)22-15(26)28-16(2,3)4/h5-9,11,15,22,26H,10H2,1-4H3,(H,21,25)/t11-,15?/m0/s1. The van der Waals surface area contributed by atoms with Gasteiger partial charge in [-0.1, -0.05) is 30.3 Å². The van der Waals surface area contributed by atoms with Crippen molar-refractivity contribution < 1.29 is 37.3 Å². The van der Waals surface area contributed by atoms with Gasteiger partial charge < -0.3 is 19.9 Å². The number of amides is 2. The molecule has 0 aromatic heterocycles. The normalized spacial score (nSPS) is 14.1. The van der Waals surface area contributed by atoms with E-state index >= 15 is 0 Å². The predicted octanol–water partition coefficient (Wildman–Crippen LogP) is 2.25. The third-order valence-corrected chi connectivity index (χ3v) is 3.10. The topological polar surface area (TPSA) is 100 Å². The molecule has 0 saturated carbocycles. The van der Waals surface area contributed by atoms with E-state index in [2.05, 4.69) is 0 Å². The molecule has 2 atom stereocenters. The van der Waals surface area contributed by atoms with E-state index in [1.807, 2.05) is 5.32 Å². The number of carbonyl (C=O) groups is 2. The molecule has 0 radical (unpaired) electrons. The van der Waals surface area contributed by atoms with E-state index in [9.17, 15) is 27.9 Å². The van der Waals surface area contributed by atoms with E-state index in [4.69, 9.17) is 9.47 Å². The Morgan fingerprint density at radius 2 is 1.75 bits per heavy atom. The van der Waals surface area contributed by atoms with E-state index in [1.54, 1.807) is 30.3 Å². The monoisotopic (exact) mass is 407 g/mol. The maximum atomic E-state index is 13.2. The largest absolute Gasteiger partial charge is 0.501 e. The highest BCUT2D eigenvalue weighted by Gasteiger charge is 2.44. The first kappa shape index (κ1) is 23.7. The smallest absolute Gasteiger partial charge is 0.445 e. The van der Waals surface area contributed by atoms with Gasteiger partial charge in [-0.25, -0.2) is 4.79 Å². The zero-order valence-electron chi connectivity index (χ0n) is 15.9. The Morgan fingerprint density at radius 1 is 1.18 bits per heavy atom. The first-order valence-electron chi connectivity index (χ1n) is 8.29. The van der Waals surface area contributed by atoms with Crippen LogP contribution in [-0.2, 0) is 20.9 Å². The number of alkyl carbamates (subject to hydrolysis) is 1. The van der Waals surface area contributed by atoms with Crippen molar-refractivity contribution in [2.24, 2.45) is 0 Å². The van der Waals surface area contributed by atoms with Gasteiger partial charge in [0.05, 0.1) is 5.60 Å². The number of hydrogen-bond acceptors (Lipinski definition) is 6. The molecule has 0 heterocycles. The minimum atomic E-state index is -5.18. The molecule has 158 valence electrons. The number of rotatable bonds is 7. The lowest BCUT2D eigenvalue weighted by atomic mass is 10.2. The molecule has 0 aliphatic heterocycles. The van der Waals surface area contributed by atoms with Gasteiger partial charge in [0.1, 0.15) is 12.6 Å². The highest BCUT2D eigenvalue weighted by molar-refractivity contribution is 5.85. The van der Waals surface area contributed by atoms with Crippen molar-refractivity contribution in [1.29, 1.82) is 0 Å². The Hall–Kier alpha value is -2.37. The maximum Gasteiger partial charge on any atom is 0.501 e. The van der Waals surface area contributed by atoms with Crippen LogP contribution in [-0.4, -0.2) is 46.5 Å². The summed E-state index contributed by atoms with van der Waals surface area (Å²) in [5, 5.41) is 10.9. The van der Waals surface area contributed by atoms with Crippen LogP contribution in [0.1, 0.15) is 33.3 Å². The second-order valence-corrected chi connectivity index (χ2v) is 6.78. The molecule has 1 rings (SSSR count). The Labute approximate surface area is 160 Å². The number of hydrazine groups is 1. The highest BCUT2D eigenvalue weighted by Crippen LogP contribution is 2.21. The SMILES string of the molecule is C[C@H](NC(=O)OCc1ccccc1)C(=O)N(NC(O)OC(C)(C)C)C(F)(F)F. The number of hydrogen-bond donors (Lipinski definition) is 3. The van der Waals surface area contributed by atoms with Crippen molar-refractivity contribution in [2.45, 2.75) is 58.7 Å². The lowest BCUT2D eigenvalue weighted by Gasteiger charge is -2.32. The molecule has 8 nitrogen and oxygen atoms in total. The molecule has 3 N–H and O–H groups in total. The van der Waals surface area contributed by atoms with Gasteiger partial charge in [-0.2, -0.15) is 10.4 Å². The molecule has 11 heteroatoms. The lowest BCUT2D eigenvalue weighted by Crippen LogP contribution is -2.61. The van der Waals surface area contributed by atoms with Crippen molar-refractivity contribution in [3.63, 3.8) is 0 Å². The van der Waals surface area contributed by atoms with Crippen LogP contribution in [0.3, 0.4) is 0 Å². The Morgan fingerprint density at radius 3 is 2.25 bits per heavy atom. The third kappa shape index (κ3) is 8.55. The maximum absolute atomic E-state index is 13.2. The Balaban J connectivity index is 2.67. The van der Waals surface area contributed by atoms with E-state index in [1.165, 1.54) is 26.2 Å². The van der Waals surface area contributed by atoms with E-state index in [0.29, 0.717) is 5.56 Å². The van der Waals surface area contributed by atoms with Crippen molar-refractivity contribution >= 4 is 12.0 Å². The number of alkyl halides is 3. The first-order valence-corrected chi connectivity index (χ1v) is 8.29. The fourth-order valence-corrected chi connectivity index (χ4v) is 1.93. The molecule has 0 fully saturated rings. The van der Waals surface area contributed by atoms with Gasteiger partial charge in [0.15, 0.2) is 0 Å². The van der Waals surface area contributed by atoms with Crippen LogP contribution >= 0.6 is 0 Å². The van der Waals surface area contributed by atoms with Gasteiger partial charge in [0.2, 0.25) is 6.41 Å². The average molecular weight is 407 g/mol. The number of aliphatic hydroxyl groups is 1. The van der Waals surface area contributed by atoms with Crippen LogP contribution in [0, 0.1) is 0 Å². The summed E-state index contributed by atoms with van der Waals surface area (Å²) in [7, 11) is 0. The molecule has 0 aliphatic carbocycles. The third-order valence-electron chi connectivity index (χ3n) is 3.10. The first-order chi connectivity index (χ1) is 12.8. The van der Waals surface area contributed by atoms with Gasteiger partial charge in [0, 0.05) is 0 Å². The van der Waals surface area contributed by atoms with E-state index in [-0.39, 0.29) is 6.61 Å². The summed E-state index contributed by atoms with van der Waals surface area (Å²) in [5.41, 5.74) is 1.22. The van der Waals surface area contributed by atoms with Gasteiger partial charge in [-0.15, -0.1) is 13.2 Å². The number of carbonyl (C=O) groups excluding carboxylic acids is 2. The molecule has 0 spiro atoms. The van der Waals surface area contributed by atoms with Gasteiger partial charge >= 0.3 is 12.4 Å². The van der Waals surface area contributed by atoms with Crippen LogP contribution < -0.4 is 10.7 Å². The van der Waals surface area contributed by atoms with Crippen LogP contribution in [0.15, 0.2) is 30.3 Å². The summed E-state index contributed by atoms with van der Waals surface area (Å²) in [6.07, 6.45) is -8.36. The summed E-state index contributed by atoms with van der Waals surface area (Å²) < 4.78 is 49.3. The zero-order valence-corrected chi connectivity index (χ0v) is 15.9. The second kappa shape index (κ2) is 9.71. The predicted molar refractivity (Wildman–Crippen MR) is 92.1 cm³/mol. The number of benzene rings is 1. The molecule has 0 bridgehead atoms. The molecule has 1 aromatic rings. The average Bonchev–Trinajstić information content (AvgIpc) is 2.55. The lowest BCUT2D eigenvalue weighted by molar-refractivity contribution is -0.294. The second-order valence-electron chi connectivity index (χ2n) is 6.78. The summed E-state index contributed by atoms with van der Waals surface area (Å²) in [4.78, 5) is 23.8. The highest BCUT2D eigenvalue weighted by atomic mass is 19.4. The summed E-state index contributed by atoms with van der Waals surface area (Å²) in [6, 6.07) is 6.99. The minimum Gasteiger partial charge on any atom is -0.445 e. The van der Waals surface area contributed by atoms with Gasteiger partial charge in [0.25, 0.3) is 5.91 Å². The van der Waals surface area contributed by atoms with E-state index in [0.717, 1.165) is 6.92 Å². The molecular formula is C17H24F3N3O5. The molecule has 1 unspecified atom stereocenters. The minimum absolute atomic E-state index is 0.118. The molecule has 28 heavy (non-hydrogen) atoms. The van der Waals surface area contributed by atoms with Crippen molar-refractivity contribution in [3.8, 4) is 0 Å². The van der Waals surface area contributed by atoms with Crippen molar-refractivity contribution in [1.82, 2.24) is 15.8 Å². The number of nitrogens with zero attached hydrogens (tertiary/aromatic N) is 1. The molecule has 0 aliphatic rings. The quantitative estimate of drug-likeness (QED) is 0.364. The number of aliphatic hydroxyl groups excluding tert-OH is 1. The Kier molecular flexibility index (Phi) is 8.21. The summed E-state index contributed by atoms with van der Waals surface area (Å²) in [6.45, 7) is 5.44. The van der Waals surface area contributed by atoms with Gasteiger partial charge in [-0.3, -0.25) is 4.79 Å². The molecule has 1 aromatic carbocycles. The van der Waals surface area contributed by atoms with Crippen LogP contribution in [0.25, 0.3) is 0 Å². The zero-order chi connectivity index (χ0) is 21.5. The van der Waals surface area contributed by atoms with Crippen LogP contribution in [0.2, 0.25) is 0 Å². The summed E-state index contributed by atoms with van der Waals surface area (Å²) >= 11 is 0. The number of ether oxygens (including phenoxy) is 2. The fourth-order valence-electron chi connectivity index (χ4n) is 1.93. The van der Waals surface area contributed by atoms with Gasteiger partial charge in [-0.05, 0) is 33.3 Å². The van der Waals surface area contributed by atoms with Crippen LogP contribution in [0.4, 0.5) is 18.0 Å². The van der Waals surface area contributed by atoms with E-state index < -0.39 is 41.4 Å². The number of nitrogens with one attached hydrogen (secondary N) is 2. The number of halogens is 3. The van der Waals surface area contributed by atoms with Crippen molar-refractivity contribution in [3.05, 3.63) is 35.9 Å². The molecule has 0 saturated heterocycles. The molecule has 2 amide bonds. The summed E-state index contributed by atoms with van der Waals surface area (Å²) in [5.74, 6) is -1.57. The van der Waals surface area contributed by atoms with Crippen LogP contribution in [0.5, 0.6) is 0 Å². The van der Waals surface area contributed by atoms with Crippen molar-refractivity contribution in [2.75, 3.05) is 0 Å². The molecular weight excluding hydrogens is 383 g/mol. The Bertz CT molecular complexity index is 650.